The molecular formula is C6H15NO4S. The van der Waals surface area contributed by atoms with Gasteiger partial charge in [-0.1, -0.05) is 0 Å². The van der Waals surface area contributed by atoms with Gasteiger partial charge in [0.1, 0.15) is 5.37 Å². The van der Waals surface area contributed by atoms with Crippen LogP contribution in [-0.4, -0.2) is 29.6 Å². The molecule has 0 radical (unpaired) electrons. The molecule has 0 spiro atoms. The van der Waals surface area contributed by atoms with Crippen LogP contribution in [0, 0.1) is 0 Å². The lowest BCUT2D eigenvalue weighted by Crippen LogP contribution is -2.29. The van der Waals surface area contributed by atoms with E-state index in [1.54, 1.807) is 6.92 Å². The van der Waals surface area contributed by atoms with E-state index in [-0.39, 0.29) is 6.42 Å². The number of aliphatic hydroxyl groups excluding tert-OH is 1. The molecule has 2 atom stereocenters. The largest absolute Gasteiger partial charge is 0.393 e. The second kappa shape index (κ2) is 4.76. The molecule has 5 nitrogen and oxygen atoms in total. The average Bonchev–Trinajstić information content (AvgIpc) is 1.84. The van der Waals surface area contributed by atoms with E-state index >= 15 is 0 Å². The van der Waals surface area contributed by atoms with Crippen LogP contribution in [0.5, 0.6) is 0 Å². The van der Waals surface area contributed by atoms with E-state index in [2.05, 4.69) is 0 Å². The van der Waals surface area contributed by atoms with Gasteiger partial charge in [-0.05, 0) is 26.2 Å². The van der Waals surface area contributed by atoms with E-state index < -0.39 is 21.6 Å². The third-order valence-electron chi connectivity index (χ3n) is 1.49. The molecule has 0 amide bonds. The molecule has 1 unspecified atom stereocenters. The quantitative estimate of drug-likeness (QED) is 0.526. The Morgan fingerprint density at radius 2 is 1.92 bits per heavy atom. The first-order chi connectivity index (χ1) is 5.34. The smallest absolute Gasteiger partial charge is 0.280 e. The van der Waals surface area contributed by atoms with Gasteiger partial charge < -0.3 is 10.8 Å². The molecular weight excluding hydrogens is 182 g/mol. The van der Waals surface area contributed by atoms with Gasteiger partial charge in [-0.3, -0.25) is 4.55 Å². The van der Waals surface area contributed by atoms with Crippen LogP contribution in [0.3, 0.4) is 0 Å². The van der Waals surface area contributed by atoms with Crippen molar-refractivity contribution >= 4 is 10.1 Å². The standard InChI is InChI=1S/C6H15NO4S/c1-5(8)3-2-4-6(7)12(9,10)11/h5-6,8H,2-4,7H2,1H3,(H,9,10,11)/t5-,6?/m1/s1. The molecule has 0 heterocycles. The summed E-state index contributed by atoms with van der Waals surface area (Å²) in [6.07, 6.45) is 0.685. The molecule has 0 aromatic carbocycles. The van der Waals surface area contributed by atoms with Crippen LogP contribution < -0.4 is 5.73 Å². The van der Waals surface area contributed by atoms with E-state index in [1.165, 1.54) is 0 Å². The summed E-state index contributed by atoms with van der Waals surface area (Å²) in [6, 6.07) is 0. The Labute approximate surface area is 72.3 Å². The third kappa shape index (κ3) is 5.48. The van der Waals surface area contributed by atoms with Gasteiger partial charge in [0.2, 0.25) is 0 Å². The van der Waals surface area contributed by atoms with E-state index in [0.29, 0.717) is 12.8 Å². The Kier molecular flexibility index (Phi) is 4.69. The van der Waals surface area contributed by atoms with Crippen molar-refractivity contribution in [3.8, 4) is 0 Å². The molecule has 0 rings (SSSR count). The zero-order chi connectivity index (χ0) is 9.78. The van der Waals surface area contributed by atoms with Crippen molar-refractivity contribution in [3.63, 3.8) is 0 Å². The fraction of sp³-hybridized carbons (Fsp3) is 1.00. The summed E-state index contributed by atoms with van der Waals surface area (Å²) >= 11 is 0. The lowest BCUT2D eigenvalue weighted by atomic mass is 10.2. The first-order valence-electron chi connectivity index (χ1n) is 3.74. The Balaban J connectivity index is 3.66. The van der Waals surface area contributed by atoms with Crippen LogP contribution >= 0.6 is 0 Å². The second-order valence-electron chi connectivity index (χ2n) is 2.83. The zero-order valence-electron chi connectivity index (χ0n) is 6.97. The maximum atomic E-state index is 10.4. The highest BCUT2D eigenvalue weighted by Crippen LogP contribution is 2.05. The lowest BCUT2D eigenvalue weighted by Gasteiger charge is -2.08. The van der Waals surface area contributed by atoms with Crippen molar-refractivity contribution in [2.45, 2.75) is 37.7 Å². The second-order valence-corrected chi connectivity index (χ2v) is 4.47. The van der Waals surface area contributed by atoms with Gasteiger partial charge in [0.05, 0.1) is 6.10 Å². The molecule has 12 heavy (non-hydrogen) atoms. The lowest BCUT2D eigenvalue weighted by molar-refractivity contribution is 0.180. The van der Waals surface area contributed by atoms with Crippen molar-refractivity contribution in [3.05, 3.63) is 0 Å². The van der Waals surface area contributed by atoms with Crippen LogP contribution in [0.4, 0.5) is 0 Å². The molecule has 0 aromatic heterocycles. The summed E-state index contributed by atoms with van der Waals surface area (Å²) in [4.78, 5) is 0. The first-order valence-corrected chi connectivity index (χ1v) is 5.24. The van der Waals surface area contributed by atoms with Crippen LogP contribution in [0.15, 0.2) is 0 Å². The number of hydrogen-bond donors (Lipinski definition) is 3. The predicted octanol–water partition coefficient (Wildman–Crippen LogP) is -0.290. The molecule has 0 aliphatic heterocycles. The van der Waals surface area contributed by atoms with Crippen molar-refractivity contribution < 1.29 is 18.1 Å². The number of nitrogens with two attached hydrogens (primary N) is 1. The molecule has 0 bridgehead atoms. The third-order valence-corrected chi connectivity index (χ3v) is 2.49. The summed E-state index contributed by atoms with van der Waals surface area (Å²) < 4.78 is 29.2. The van der Waals surface area contributed by atoms with E-state index in [4.69, 9.17) is 15.4 Å². The maximum absolute atomic E-state index is 10.4. The number of rotatable bonds is 5. The highest BCUT2D eigenvalue weighted by molar-refractivity contribution is 7.86. The molecule has 0 aromatic rings. The van der Waals surface area contributed by atoms with Crippen LogP contribution in [0.25, 0.3) is 0 Å². The van der Waals surface area contributed by atoms with Gasteiger partial charge in [-0.2, -0.15) is 8.42 Å². The molecule has 0 aliphatic rings. The molecule has 74 valence electrons. The summed E-state index contributed by atoms with van der Waals surface area (Å²) in [5.41, 5.74) is 5.12. The fourth-order valence-corrected chi connectivity index (χ4v) is 1.23. The summed E-state index contributed by atoms with van der Waals surface area (Å²) in [5.74, 6) is 0. The first kappa shape index (κ1) is 11.8. The van der Waals surface area contributed by atoms with Crippen LogP contribution in [0.1, 0.15) is 26.2 Å². The van der Waals surface area contributed by atoms with Gasteiger partial charge >= 0.3 is 0 Å². The van der Waals surface area contributed by atoms with Gasteiger partial charge in [0.25, 0.3) is 10.1 Å². The summed E-state index contributed by atoms with van der Waals surface area (Å²) in [6.45, 7) is 1.61. The van der Waals surface area contributed by atoms with E-state index in [0.717, 1.165) is 0 Å². The normalized spacial score (nSPS) is 17.3. The van der Waals surface area contributed by atoms with E-state index in [9.17, 15) is 8.42 Å². The van der Waals surface area contributed by atoms with Crippen molar-refractivity contribution in [1.82, 2.24) is 0 Å². The topological polar surface area (TPSA) is 101 Å². The van der Waals surface area contributed by atoms with Crippen molar-refractivity contribution in [2.75, 3.05) is 0 Å². The minimum absolute atomic E-state index is 0.170. The predicted molar refractivity (Wildman–Crippen MR) is 45.1 cm³/mol. The molecule has 0 saturated carbocycles. The van der Waals surface area contributed by atoms with Gasteiger partial charge in [0.15, 0.2) is 0 Å². The Bertz CT molecular complexity index is 212. The Hall–Kier alpha value is -0.170. The van der Waals surface area contributed by atoms with Crippen molar-refractivity contribution in [1.29, 1.82) is 0 Å². The highest BCUT2D eigenvalue weighted by Gasteiger charge is 2.16. The van der Waals surface area contributed by atoms with Crippen LogP contribution in [0.2, 0.25) is 0 Å². The Morgan fingerprint density at radius 1 is 1.42 bits per heavy atom. The van der Waals surface area contributed by atoms with Crippen molar-refractivity contribution in [2.24, 2.45) is 5.73 Å². The summed E-state index contributed by atoms with van der Waals surface area (Å²) in [7, 11) is -4.10. The molecule has 0 saturated heterocycles. The minimum atomic E-state index is -4.10. The molecule has 6 heteroatoms. The zero-order valence-corrected chi connectivity index (χ0v) is 7.79. The Morgan fingerprint density at radius 3 is 2.25 bits per heavy atom. The fourth-order valence-electron chi connectivity index (χ4n) is 0.763. The van der Waals surface area contributed by atoms with Gasteiger partial charge in [-0.25, -0.2) is 0 Å². The van der Waals surface area contributed by atoms with Gasteiger partial charge in [0, 0.05) is 0 Å². The number of hydrogen-bond acceptors (Lipinski definition) is 4. The van der Waals surface area contributed by atoms with E-state index in [1.807, 2.05) is 0 Å². The summed E-state index contributed by atoms with van der Waals surface area (Å²) in [5, 5.41) is 7.59. The van der Waals surface area contributed by atoms with Crippen LogP contribution in [-0.2, 0) is 10.1 Å². The highest BCUT2D eigenvalue weighted by atomic mass is 32.2. The monoisotopic (exact) mass is 197 g/mol. The van der Waals surface area contributed by atoms with Gasteiger partial charge in [-0.15, -0.1) is 0 Å². The molecule has 0 aliphatic carbocycles. The maximum Gasteiger partial charge on any atom is 0.280 e. The minimum Gasteiger partial charge on any atom is -0.393 e. The average molecular weight is 197 g/mol. The molecule has 0 fully saturated rings. The SMILES string of the molecule is C[C@@H](O)CCCC(N)S(=O)(=O)O. The molecule has 4 N–H and O–H groups in total. The number of aliphatic hydroxyl groups is 1.